The molecule has 0 aromatic heterocycles. The quantitative estimate of drug-likeness (QED) is 0.615. The topological polar surface area (TPSA) is 35.5 Å². The number of carbonyl (C=O) groups excluding carboxylic acids is 1. The lowest BCUT2D eigenvalue weighted by Crippen LogP contribution is -2.06. The van der Waals surface area contributed by atoms with Crippen molar-refractivity contribution in [3.8, 4) is 5.75 Å². The molecule has 1 aromatic carbocycles. The van der Waals surface area contributed by atoms with Gasteiger partial charge in [-0.15, -0.1) is 11.8 Å². The van der Waals surface area contributed by atoms with E-state index in [4.69, 9.17) is 21.1 Å². The first-order chi connectivity index (χ1) is 7.63. The number of halogens is 1. The normalized spacial score (nSPS) is 10.0. The second-order valence-corrected chi connectivity index (χ2v) is 4.16. The lowest BCUT2D eigenvalue weighted by molar-refractivity contribution is 0.0596. The van der Waals surface area contributed by atoms with Gasteiger partial charge >= 0.3 is 5.97 Å². The predicted molar refractivity (Wildman–Crippen MR) is 65.7 cm³/mol. The van der Waals surface area contributed by atoms with Crippen LogP contribution in [0.2, 0.25) is 5.02 Å². The summed E-state index contributed by atoms with van der Waals surface area (Å²) in [5.41, 5.74) is 0.401. The fourth-order valence-electron chi connectivity index (χ4n) is 1.24. The second kappa shape index (κ2) is 6.01. The summed E-state index contributed by atoms with van der Waals surface area (Å²) in [7, 11) is 1.34. The third-order valence-electron chi connectivity index (χ3n) is 1.96. The van der Waals surface area contributed by atoms with Crippen LogP contribution in [0.25, 0.3) is 0 Å². The molecule has 0 amide bonds. The standard InChI is InChI=1S/C11H13ClO3S/c1-4-15-9-6-8(12)10(16-3)5-7(9)11(13)14-2/h5-6H,4H2,1-3H3. The van der Waals surface area contributed by atoms with Crippen molar-refractivity contribution in [3.63, 3.8) is 0 Å². The highest BCUT2D eigenvalue weighted by atomic mass is 35.5. The van der Waals surface area contributed by atoms with Crippen LogP contribution in [-0.2, 0) is 4.74 Å². The smallest absolute Gasteiger partial charge is 0.341 e. The molecule has 0 spiro atoms. The Balaban J connectivity index is 3.24. The lowest BCUT2D eigenvalue weighted by atomic mass is 10.2. The van der Waals surface area contributed by atoms with Crippen LogP contribution in [0, 0.1) is 0 Å². The van der Waals surface area contributed by atoms with Crippen LogP contribution in [0.1, 0.15) is 17.3 Å². The number of thioether (sulfide) groups is 1. The molecular weight excluding hydrogens is 248 g/mol. The molecule has 0 N–H and O–H groups in total. The van der Waals surface area contributed by atoms with Crippen molar-refractivity contribution in [3.05, 3.63) is 22.7 Å². The minimum atomic E-state index is -0.421. The summed E-state index contributed by atoms with van der Waals surface area (Å²) in [6.07, 6.45) is 1.89. The van der Waals surface area contributed by atoms with E-state index in [2.05, 4.69) is 0 Å². The van der Waals surface area contributed by atoms with Crippen LogP contribution in [0.15, 0.2) is 17.0 Å². The molecular formula is C11H13ClO3S. The number of benzene rings is 1. The first-order valence-corrected chi connectivity index (χ1v) is 6.33. The highest BCUT2D eigenvalue weighted by Crippen LogP contribution is 2.33. The van der Waals surface area contributed by atoms with E-state index in [9.17, 15) is 4.79 Å². The van der Waals surface area contributed by atoms with E-state index in [1.54, 1.807) is 12.1 Å². The number of ether oxygens (including phenoxy) is 2. The average Bonchev–Trinajstić information content (AvgIpc) is 2.29. The molecule has 0 radical (unpaired) electrons. The first-order valence-electron chi connectivity index (χ1n) is 4.72. The summed E-state index contributed by atoms with van der Waals surface area (Å²) in [5, 5.41) is 0.573. The number of methoxy groups -OCH3 is 1. The van der Waals surface area contributed by atoms with E-state index in [-0.39, 0.29) is 0 Å². The van der Waals surface area contributed by atoms with Crippen LogP contribution < -0.4 is 4.74 Å². The number of carbonyl (C=O) groups is 1. The molecule has 0 bridgehead atoms. The SMILES string of the molecule is CCOc1cc(Cl)c(SC)cc1C(=O)OC. The van der Waals surface area contributed by atoms with Crippen molar-refractivity contribution in [2.24, 2.45) is 0 Å². The minimum absolute atomic E-state index is 0.401. The first kappa shape index (κ1) is 13.2. The van der Waals surface area contributed by atoms with E-state index in [0.717, 1.165) is 4.90 Å². The lowest BCUT2D eigenvalue weighted by Gasteiger charge is -2.11. The molecule has 0 fully saturated rings. The molecule has 1 rings (SSSR count). The van der Waals surface area contributed by atoms with Gasteiger partial charge in [-0.1, -0.05) is 11.6 Å². The van der Waals surface area contributed by atoms with Crippen LogP contribution >= 0.6 is 23.4 Å². The van der Waals surface area contributed by atoms with Crippen LogP contribution in [0.4, 0.5) is 0 Å². The molecule has 0 saturated heterocycles. The van der Waals surface area contributed by atoms with Crippen molar-refractivity contribution in [1.29, 1.82) is 0 Å². The predicted octanol–water partition coefficient (Wildman–Crippen LogP) is 3.25. The van der Waals surface area contributed by atoms with E-state index in [1.165, 1.54) is 18.9 Å². The fourth-order valence-corrected chi connectivity index (χ4v) is 2.11. The molecule has 3 nitrogen and oxygen atoms in total. The monoisotopic (exact) mass is 260 g/mol. The summed E-state index contributed by atoms with van der Waals surface area (Å²) in [6.45, 7) is 2.32. The van der Waals surface area contributed by atoms with Crippen molar-refractivity contribution >= 4 is 29.3 Å². The van der Waals surface area contributed by atoms with Gasteiger partial charge in [0.05, 0.1) is 18.7 Å². The summed E-state index contributed by atoms with van der Waals surface area (Å²) in [5.74, 6) is 0.0348. The van der Waals surface area contributed by atoms with E-state index in [1.807, 2.05) is 13.2 Å². The van der Waals surface area contributed by atoms with Gasteiger partial charge in [0.1, 0.15) is 11.3 Å². The van der Waals surface area contributed by atoms with Gasteiger partial charge < -0.3 is 9.47 Å². The Labute approximate surface area is 104 Å². The molecule has 16 heavy (non-hydrogen) atoms. The largest absolute Gasteiger partial charge is 0.493 e. The zero-order chi connectivity index (χ0) is 12.1. The molecule has 0 aliphatic heterocycles. The second-order valence-electron chi connectivity index (χ2n) is 2.91. The Kier molecular flexibility index (Phi) is 4.96. The number of hydrogen-bond donors (Lipinski definition) is 0. The van der Waals surface area contributed by atoms with Gasteiger partial charge in [-0.2, -0.15) is 0 Å². The Morgan fingerprint density at radius 2 is 2.19 bits per heavy atom. The zero-order valence-electron chi connectivity index (χ0n) is 9.37. The third-order valence-corrected chi connectivity index (χ3v) is 3.16. The van der Waals surface area contributed by atoms with Gasteiger partial charge in [0.15, 0.2) is 0 Å². The van der Waals surface area contributed by atoms with E-state index >= 15 is 0 Å². The van der Waals surface area contributed by atoms with Gasteiger partial charge in [-0.25, -0.2) is 4.79 Å². The van der Waals surface area contributed by atoms with E-state index in [0.29, 0.717) is 22.9 Å². The maximum Gasteiger partial charge on any atom is 0.341 e. The van der Waals surface area contributed by atoms with E-state index < -0.39 is 5.97 Å². The molecule has 88 valence electrons. The van der Waals surface area contributed by atoms with Gasteiger partial charge in [0.25, 0.3) is 0 Å². The molecule has 0 atom stereocenters. The molecule has 0 aliphatic rings. The number of rotatable bonds is 4. The van der Waals surface area contributed by atoms with Gasteiger partial charge in [-0.3, -0.25) is 0 Å². The summed E-state index contributed by atoms with van der Waals surface area (Å²) < 4.78 is 10.0. The zero-order valence-corrected chi connectivity index (χ0v) is 10.9. The number of hydrogen-bond acceptors (Lipinski definition) is 4. The Morgan fingerprint density at radius 1 is 1.50 bits per heavy atom. The fraction of sp³-hybridized carbons (Fsp3) is 0.364. The molecule has 1 aromatic rings. The van der Waals surface area contributed by atoms with Crippen LogP contribution in [0.3, 0.4) is 0 Å². The van der Waals surface area contributed by atoms with Gasteiger partial charge in [0, 0.05) is 11.0 Å². The maximum absolute atomic E-state index is 11.5. The number of esters is 1. The van der Waals surface area contributed by atoms with Crippen molar-refractivity contribution in [1.82, 2.24) is 0 Å². The maximum atomic E-state index is 11.5. The molecule has 0 heterocycles. The van der Waals surface area contributed by atoms with Gasteiger partial charge in [-0.05, 0) is 19.2 Å². The highest BCUT2D eigenvalue weighted by molar-refractivity contribution is 7.98. The van der Waals surface area contributed by atoms with Crippen molar-refractivity contribution < 1.29 is 14.3 Å². The molecule has 0 saturated carbocycles. The van der Waals surface area contributed by atoms with Crippen LogP contribution in [-0.4, -0.2) is 25.9 Å². The molecule has 5 heteroatoms. The molecule has 0 unspecified atom stereocenters. The average molecular weight is 261 g/mol. The third kappa shape index (κ3) is 2.83. The summed E-state index contributed by atoms with van der Waals surface area (Å²) >= 11 is 7.50. The molecule has 0 aliphatic carbocycles. The summed E-state index contributed by atoms with van der Waals surface area (Å²) in [4.78, 5) is 12.4. The van der Waals surface area contributed by atoms with Crippen LogP contribution in [0.5, 0.6) is 5.75 Å². The summed E-state index contributed by atoms with van der Waals surface area (Å²) in [6, 6.07) is 3.33. The van der Waals surface area contributed by atoms with Crippen molar-refractivity contribution in [2.45, 2.75) is 11.8 Å². The Morgan fingerprint density at radius 3 is 2.69 bits per heavy atom. The Bertz CT molecular complexity index is 393. The minimum Gasteiger partial charge on any atom is -0.493 e. The highest BCUT2D eigenvalue weighted by Gasteiger charge is 2.16. The Hall–Kier alpha value is -0.870. The van der Waals surface area contributed by atoms with Crippen molar-refractivity contribution in [2.75, 3.05) is 20.0 Å². The van der Waals surface area contributed by atoms with Gasteiger partial charge in [0.2, 0.25) is 0 Å².